The normalized spacial score (nSPS) is 9.77. The van der Waals surface area contributed by atoms with Gasteiger partial charge in [0.15, 0.2) is 0 Å². The van der Waals surface area contributed by atoms with Gasteiger partial charge in [0, 0.05) is 17.8 Å². The molecule has 6 nitrogen and oxygen atoms in total. The Morgan fingerprint density at radius 1 is 1.62 bits per heavy atom. The van der Waals surface area contributed by atoms with E-state index in [0.29, 0.717) is 0 Å². The van der Waals surface area contributed by atoms with Gasteiger partial charge in [0.1, 0.15) is 0 Å². The Bertz CT molecular complexity index is 341. The fraction of sp³-hybridized carbons (Fsp3) is 0.167. The van der Waals surface area contributed by atoms with Crippen LogP contribution in [0.1, 0.15) is 5.56 Å². The predicted molar refractivity (Wildman–Crippen MR) is 45.5 cm³/mol. The van der Waals surface area contributed by atoms with Crippen molar-refractivity contribution in [2.24, 2.45) is 0 Å². The highest BCUT2D eigenvalue weighted by molar-refractivity contribution is 6.58. The van der Waals surface area contributed by atoms with Crippen LogP contribution in [0.4, 0.5) is 5.69 Å². The lowest BCUT2D eigenvalue weighted by Crippen LogP contribution is -2.35. The van der Waals surface area contributed by atoms with Crippen molar-refractivity contribution < 1.29 is 15.0 Å². The lowest BCUT2D eigenvalue weighted by Gasteiger charge is -2.02. The van der Waals surface area contributed by atoms with E-state index in [0.717, 1.165) is 0 Å². The molecule has 68 valence electrons. The van der Waals surface area contributed by atoms with Crippen molar-refractivity contribution in [1.82, 2.24) is 4.98 Å². The molecule has 0 saturated heterocycles. The summed E-state index contributed by atoms with van der Waals surface area (Å²) < 4.78 is 0. The molecule has 0 radical (unpaired) electrons. The first-order valence-electron chi connectivity index (χ1n) is 3.50. The van der Waals surface area contributed by atoms with Crippen molar-refractivity contribution in [1.29, 1.82) is 0 Å². The minimum absolute atomic E-state index is 0.0887. The fourth-order valence-electron chi connectivity index (χ4n) is 0.999. The maximum atomic E-state index is 10.4. The van der Waals surface area contributed by atoms with Crippen LogP contribution < -0.4 is 5.59 Å². The Kier molecular flexibility index (Phi) is 2.59. The predicted octanol–water partition coefficient (Wildman–Crippen LogP) is -1.02. The van der Waals surface area contributed by atoms with E-state index in [2.05, 4.69) is 4.98 Å². The van der Waals surface area contributed by atoms with Gasteiger partial charge in [-0.1, -0.05) is 0 Å². The molecule has 0 aliphatic rings. The second-order valence-electron chi connectivity index (χ2n) is 2.47. The summed E-state index contributed by atoms with van der Waals surface area (Å²) in [5.74, 6) is 0. The molecule has 0 fully saturated rings. The molecule has 1 rings (SSSR count). The number of nitro groups is 1. The molecular weight excluding hydrogens is 175 g/mol. The summed E-state index contributed by atoms with van der Waals surface area (Å²) in [7, 11) is -1.78. The van der Waals surface area contributed by atoms with Crippen molar-refractivity contribution in [2.75, 3.05) is 0 Å². The van der Waals surface area contributed by atoms with E-state index >= 15 is 0 Å². The van der Waals surface area contributed by atoms with Gasteiger partial charge in [-0.05, 0) is 6.92 Å². The zero-order valence-electron chi connectivity index (χ0n) is 6.84. The largest absolute Gasteiger partial charge is 0.508 e. The molecule has 0 aliphatic heterocycles. The highest BCUT2D eigenvalue weighted by Crippen LogP contribution is 2.12. The van der Waals surface area contributed by atoms with Gasteiger partial charge >= 0.3 is 7.12 Å². The van der Waals surface area contributed by atoms with Crippen molar-refractivity contribution >= 4 is 18.4 Å². The van der Waals surface area contributed by atoms with Gasteiger partial charge in [-0.3, -0.25) is 15.1 Å². The second-order valence-corrected chi connectivity index (χ2v) is 2.47. The Balaban J connectivity index is 3.26. The van der Waals surface area contributed by atoms with E-state index in [9.17, 15) is 10.1 Å². The van der Waals surface area contributed by atoms with Gasteiger partial charge in [0.25, 0.3) is 5.69 Å². The molecule has 0 spiro atoms. The molecule has 0 aromatic carbocycles. The van der Waals surface area contributed by atoms with E-state index < -0.39 is 12.0 Å². The maximum absolute atomic E-state index is 10.4. The standard InChI is InChI=1S/C6H7BN2O4/c1-4-5(9(12)13)2-3-8-6(4)7(10)11/h2-3,10-11H,1H3. The summed E-state index contributed by atoms with van der Waals surface area (Å²) in [4.78, 5) is 13.4. The number of pyridine rings is 1. The van der Waals surface area contributed by atoms with Gasteiger partial charge < -0.3 is 10.0 Å². The Labute approximate surface area is 74.2 Å². The molecule has 0 amide bonds. The smallest absolute Gasteiger partial charge is 0.422 e. The maximum Gasteiger partial charge on any atom is 0.508 e. The molecule has 1 heterocycles. The number of nitrogens with zero attached hydrogens (tertiary/aromatic N) is 2. The van der Waals surface area contributed by atoms with Crippen LogP contribution in [0.2, 0.25) is 0 Å². The van der Waals surface area contributed by atoms with E-state index in [-0.39, 0.29) is 16.8 Å². The molecule has 0 atom stereocenters. The van der Waals surface area contributed by atoms with E-state index in [4.69, 9.17) is 10.0 Å². The zero-order valence-corrected chi connectivity index (χ0v) is 6.84. The average molecular weight is 182 g/mol. The molecule has 1 aromatic heterocycles. The Morgan fingerprint density at radius 2 is 2.23 bits per heavy atom. The monoisotopic (exact) mass is 182 g/mol. The second kappa shape index (κ2) is 3.50. The molecule has 2 N–H and O–H groups in total. The van der Waals surface area contributed by atoms with Crippen LogP contribution in [0.15, 0.2) is 12.3 Å². The highest BCUT2D eigenvalue weighted by atomic mass is 16.6. The van der Waals surface area contributed by atoms with Gasteiger partial charge in [-0.15, -0.1) is 0 Å². The number of hydrogen-bond acceptors (Lipinski definition) is 5. The molecule has 0 saturated carbocycles. The van der Waals surface area contributed by atoms with E-state index in [1.54, 1.807) is 0 Å². The summed E-state index contributed by atoms with van der Waals surface area (Å²) in [5, 5.41) is 28.0. The minimum atomic E-state index is -1.78. The lowest BCUT2D eigenvalue weighted by molar-refractivity contribution is -0.385. The fourth-order valence-corrected chi connectivity index (χ4v) is 0.999. The van der Waals surface area contributed by atoms with Crippen molar-refractivity contribution in [3.8, 4) is 0 Å². The highest BCUT2D eigenvalue weighted by Gasteiger charge is 2.22. The van der Waals surface area contributed by atoms with E-state index in [1.807, 2.05) is 0 Å². The summed E-state index contributed by atoms with van der Waals surface area (Å²) in [6, 6.07) is 1.21. The van der Waals surface area contributed by atoms with Gasteiger partial charge in [-0.2, -0.15) is 0 Å². The third-order valence-corrected chi connectivity index (χ3v) is 1.66. The molecule has 0 aliphatic carbocycles. The zero-order chi connectivity index (χ0) is 10.0. The number of hydrogen-bond donors (Lipinski definition) is 2. The number of rotatable bonds is 2. The third kappa shape index (κ3) is 1.82. The van der Waals surface area contributed by atoms with Crippen molar-refractivity contribution in [2.45, 2.75) is 6.92 Å². The van der Waals surface area contributed by atoms with E-state index in [1.165, 1.54) is 19.2 Å². The lowest BCUT2D eigenvalue weighted by atomic mass is 9.82. The molecule has 0 unspecified atom stereocenters. The molecule has 1 aromatic rings. The number of aromatic nitrogens is 1. The molecule has 13 heavy (non-hydrogen) atoms. The summed E-state index contributed by atoms with van der Waals surface area (Å²) in [6.07, 6.45) is 1.17. The van der Waals surface area contributed by atoms with Crippen LogP contribution in [0, 0.1) is 17.0 Å². The molecule has 7 heteroatoms. The van der Waals surface area contributed by atoms with Crippen molar-refractivity contribution in [3.63, 3.8) is 0 Å². The van der Waals surface area contributed by atoms with Crippen LogP contribution >= 0.6 is 0 Å². The third-order valence-electron chi connectivity index (χ3n) is 1.66. The van der Waals surface area contributed by atoms with Gasteiger partial charge in [0.05, 0.1) is 10.5 Å². The first-order valence-corrected chi connectivity index (χ1v) is 3.50. The topological polar surface area (TPSA) is 96.5 Å². The minimum Gasteiger partial charge on any atom is -0.422 e. The summed E-state index contributed by atoms with van der Waals surface area (Å²) in [6.45, 7) is 1.42. The summed E-state index contributed by atoms with van der Waals surface area (Å²) >= 11 is 0. The SMILES string of the molecule is Cc1c([N+](=O)[O-])ccnc1B(O)O. The summed E-state index contributed by atoms with van der Waals surface area (Å²) in [5.41, 5.74) is -0.0881. The van der Waals surface area contributed by atoms with Crippen LogP contribution in [0.3, 0.4) is 0 Å². The Morgan fingerprint density at radius 3 is 2.69 bits per heavy atom. The van der Waals surface area contributed by atoms with Gasteiger partial charge in [-0.25, -0.2) is 0 Å². The molecular formula is C6H7BN2O4. The first kappa shape index (κ1) is 9.62. The average Bonchev–Trinajstić information content (AvgIpc) is 2.03. The van der Waals surface area contributed by atoms with Crippen LogP contribution in [-0.4, -0.2) is 27.1 Å². The van der Waals surface area contributed by atoms with Crippen molar-refractivity contribution in [3.05, 3.63) is 27.9 Å². The quantitative estimate of drug-likeness (QED) is 0.346. The van der Waals surface area contributed by atoms with Crippen LogP contribution in [-0.2, 0) is 0 Å². The first-order chi connectivity index (χ1) is 6.04. The Hall–Kier alpha value is -1.47. The van der Waals surface area contributed by atoms with Crippen LogP contribution in [0.5, 0.6) is 0 Å². The molecule has 0 bridgehead atoms. The van der Waals surface area contributed by atoms with Crippen LogP contribution in [0.25, 0.3) is 0 Å². The van der Waals surface area contributed by atoms with Gasteiger partial charge in [0.2, 0.25) is 0 Å².